The molecular formula is C19H15O7-. The number of carbonyl (C=O) groups is 2. The number of hydrogen-bond donors (Lipinski definition) is 0. The second-order valence-electron chi connectivity index (χ2n) is 5.34. The van der Waals surface area contributed by atoms with Crippen molar-refractivity contribution in [2.75, 3.05) is 20.8 Å². The van der Waals surface area contributed by atoms with Crippen molar-refractivity contribution in [1.29, 1.82) is 0 Å². The van der Waals surface area contributed by atoms with Crippen molar-refractivity contribution in [2.24, 2.45) is 0 Å². The van der Waals surface area contributed by atoms with E-state index in [4.69, 9.17) is 18.9 Å². The zero-order chi connectivity index (χ0) is 18.7. The fourth-order valence-electron chi connectivity index (χ4n) is 2.57. The van der Waals surface area contributed by atoms with Crippen LogP contribution >= 0.6 is 0 Å². The fraction of sp³-hybridized carbons (Fsp3) is 0.158. The number of fused-ring (bicyclic) bond motifs is 1. The summed E-state index contributed by atoms with van der Waals surface area (Å²) in [7, 11) is 3.03. The molecule has 0 N–H and O–H groups in total. The van der Waals surface area contributed by atoms with Crippen LogP contribution in [0.15, 0.2) is 42.2 Å². The normalized spacial score (nSPS) is 13.9. The number of rotatable bonds is 6. The molecule has 1 aliphatic rings. The van der Waals surface area contributed by atoms with Crippen molar-refractivity contribution in [3.8, 4) is 23.0 Å². The second kappa shape index (κ2) is 7.18. The van der Waals surface area contributed by atoms with Crippen molar-refractivity contribution < 1.29 is 33.6 Å². The van der Waals surface area contributed by atoms with E-state index in [1.54, 1.807) is 24.3 Å². The highest BCUT2D eigenvalue weighted by molar-refractivity contribution is 6.14. The Morgan fingerprint density at radius 2 is 2.00 bits per heavy atom. The number of methoxy groups -OCH3 is 2. The van der Waals surface area contributed by atoms with Gasteiger partial charge in [0, 0.05) is 11.6 Å². The maximum Gasteiger partial charge on any atom is 0.231 e. The first-order valence-electron chi connectivity index (χ1n) is 7.65. The van der Waals surface area contributed by atoms with E-state index in [1.165, 1.54) is 32.4 Å². The third-order valence-electron chi connectivity index (χ3n) is 3.72. The summed E-state index contributed by atoms with van der Waals surface area (Å²) in [6.45, 7) is -0.587. The lowest BCUT2D eigenvalue weighted by Crippen LogP contribution is -2.28. The number of para-hydroxylation sites is 1. The third kappa shape index (κ3) is 3.32. The fourth-order valence-corrected chi connectivity index (χ4v) is 2.57. The van der Waals surface area contributed by atoms with Crippen molar-refractivity contribution in [1.82, 2.24) is 0 Å². The lowest BCUT2D eigenvalue weighted by Gasteiger charge is -2.10. The number of aliphatic carboxylic acids is 1. The maximum atomic E-state index is 12.5. The van der Waals surface area contributed by atoms with Gasteiger partial charge in [0.1, 0.15) is 18.1 Å². The van der Waals surface area contributed by atoms with E-state index < -0.39 is 12.6 Å². The van der Waals surface area contributed by atoms with Gasteiger partial charge in [0.2, 0.25) is 5.78 Å². The molecule has 2 aromatic carbocycles. The predicted octanol–water partition coefficient (Wildman–Crippen LogP) is 1.45. The highest BCUT2D eigenvalue weighted by Crippen LogP contribution is 2.37. The monoisotopic (exact) mass is 355 g/mol. The number of allylic oxidation sites excluding steroid dienone is 1. The van der Waals surface area contributed by atoms with Gasteiger partial charge >= 0.3 is 0 Å². The van der Waals surface area contributed by atoms with E-state index in [9.17, 15) is 14.7 Å². The summed E-state index contributed by atoms with van der Waals surface area (Å²) in [4.78, 5) is 23.0. The SMILES string of the molecule is COc1cccc(/C=C2\Oc3cc(OCC(=O)[O-])ccc3C2=O)c1OC. The molecule has 0 aliphatic carbocycles. The number of carboxylic acids is 1. The highest BCUT2D eigenvalue weighted by Gasteiger charge is 2.28. The topological polar surface area (TPSA) is 94.1 Å². The third-order valence-corrected chi connectivity index (χ3v) is 3.72. The van der Waals surface area contributed by atoms with Gasteiger partial charge < -0.3 is 28.8 Å². The Balaban J connectivity index is 1.90. The number of carboxylic acid groups (broad SMARTS) is 1. The summed E-state index contributed by atoms with van der Waals surface area (Å²) < 4.78 is 21.2. The Bertz CT molecular complexity index is 899. The zero-order valence-electron chi connectivity index (χ0n) is 14.1. The summed E-state index contributed by atoms with van der Waals surface area (Å²) in [6, 6.07) is 9.76. The van der Waals surface area contributed by atoms with Gasteiger partial charge in [-0.1, -0.05) is 12.1 Å². The summed E-state index contributed by atoms with van der Waals surface area (Å²) >= 11 is 0. The number of hydrogen-bond acceptors (Lipinski definition) is 7. The molecule has 26 heavy (non-hydrogen) atoms. The average Bonchev–Trinajstić information content (AvgIpc) is 2.94. The molecule has 0 aromatic heterocycles. The van der Waals surface area contributed by atoms with E-state index in [-0.39, 0.29) is 17.3 Å². The Labute approximate surface area is 149 Å². The first-order chi connectivity index (χ1) is 12.5. The van der Waals surface area contributed by atoms with Gasteiger partial charge in [-0.2, -0.15) is 0 Å². The maximum absolute atomic E-state index is 12.5. The van der Waals surface area contributed by atoms with Crippen LogP contribution in [-0.2, 0) is 4.79 Å². The van der Waals surface area contributed by atoms with Crippen LogP contribution in [0.1, 0.15) is 15.9 Å². The Morgan fingerprint density at radius 3 is 2.69 bits per heavy atom. The van der Waals surface area contributed by atoms with Crippen LogP contribution in [0.25, 0.3) is 6.08 Å². The second-order valence-corrected chi connectivity index (χ2v) is 5.34. The Kier molecular flexibility index (Phi) is 4.79. The largest absolute Gasteiger partial charge is 0.546 e. The molecule has 0 radical (unpaired) electrons. The smallest absolute Gasteiger partial charge is 0.231 e. The first-order valence-corrected chi connectivity index (χ1v) is 7.65. The number of ether oxygens (including phenoxy) is 4. The molecule has 0 atom stereocenters. The van der Waals surface area contributed by atoms with Gasteiger partial charge in [-0.05, 0) is 24.3 Å². The average molecular weight is 355 g/mol. The molecule has 0 saturated heterocycles. The summed E-state index contributed by atoms with van der Waals surface area (Å²) in [6.07, 6.45) is 1.56. The van der Waals surface area contributed by atoms with Crippen LogP contribution in [-0.4, -0.2) is 32.6 Å². The van der Waals surface area contributed by atoms with Gasteiger partial charge in [-0.3, -0.25) is 4.79 Å². The molecule has 1 aliphatic heterocycles. The van der Waals surface area contributed by atoms with Crippen molar-refractivity contribution in [3.05, 3.63) is 53.3 Å². The Morgan fingerprint density at radius 1 is 1.19 bits per heavy atom. The first kappa shape index (κ1) is 17.3. The molecular weight excluding hydrogens is 340 g/mol. The van der Waals surface area contributed by atoms with E-state index in [0.717, 1.165) is 0 Å². The number of carbonyl (C=O) groups excluding carboxylic acids is 2. The van der Waals surface area contributed by atoms with Gasteiger partial charge in [0.15, 0.2) is 17.3 Å². The minimum atomic E-state index is -1.34. The summed E-state index contributed by atoms with van der Waals surface area (Å²) in [5, 5.41) is 10.5. The number of Topliss-reactive ketones (excluding diaryl/α,β-unsaturated/α-hetero) is 1. The summed E-state index contributed by atoms with van der Waals surface area (Å²) in [5.74, 6) is 0.0451. The number of benzene rings is 2. The van der Waals surface area contributed by atoms with Crippen LogP contribution in [0.2, 0.25) is 0 Å². The molecule has 0 fully saturated rings. The molecule has 7 nitrogen and oxygen atoms in total. The lowest BCUT2D eigenvalue weighted by atomic mass is 10.1. The zero-order valence-corrected chi connectivity index (χ0v) is 14.1. The van der Waals surface area contributed by atoms with Gasteiger partial charge in [0.25, 0.3) is 0 Å². The van der Waals surface area contributed by atoms with Crippen LogP contribution in [0.4, 0.5) is 0 Å². The quantitative estimate of drug-likeness (QED) is 0.724. The van der Waals surface area contributed by atoms with E-state index in [0.29, 0.717) is 28.4 Å². The molecule has 7 heteroatoms. The van der Waals surface area contributed by atoms with Crippen LogP contribution < -0.4 is 24.1 Å². The molecule has 3 rings (SSSR count). The lowest BCUT2D eigenvalue weighted by molar-refractivity contribution is -0.307. The molecule has 0 saturated carbocycles. The summed E-state index contributed by atoms with van der Waals surface area (Å²) in [5.41, 5.74) is 0.982. The van der Waals surface area contributed by atoms with Crippen molar-refractivity contribution in [2.45, 2.75) is 0 Å². The molecule has 0 amide bonds. The van der Waals surface area contributed by atoms with Crippen molar-refractivity contribution >= 4 is 17.8 Å². The number of ketones is 1. The van der Waals surface area contributed by atoms with Gasteiger partial charge in [0.05, 0.1) is 25.8 Å². The van der Waals surface area contributed by atoms with E-state index >= 15 is 0 Å². The Hall–Kier alpha value is -3.48. The predicted molar refractivity (Wildman–Crippen MR) is 89.4 cm³/mol. The standard InChI is InChI=1S/C19H16O7/c1-23-14-5-3-4-11(19(14)24-2)8-16-18(22)13-7-6-12(9-15(13)26-16)25-10-17(20)21/h3-9H,10H2,1-2H3,(H,20,21)/p-1/b16-8-. The van der Waals surface area contributed by atoms with E-state index in [2.05, 4.69) is 0 Å². The molecule has 134 valence electrons. The van der Waals surface area contributed by atoms with Crippen LogP contribution in [0.5, 0.6) is 23.0 Å². The highest BCUT2D eigenvalue weighted by atomic mass is 16.5. The van der Waals surface area contributed by atoms with E-state index in [1.807, 2.05) is 0 Å². The van der Waals surface area contributed by atoms with Crippen LogP contribution in [0.3, 0.4) is 0 Å². The molecule has 0 bridgehead atoms. The molecule has 1 heterocycles. The van der Waals surface area contributed by atoms with Crippen LogP contribution in [0, 0.1) is 0 Å². The van der Waals surface area contributed by atoms with Gasteiger partial charge in [-0.25, -0.2) is 0 Å². The molecule has 2 aromatic rings. The molecule has 0 spiro atoms. The minimum absolute atomic E-state index is 0.114. The van der Waals surface area contributed by atoms with Gasteiger partial charge in [-0.15, -0.1) is 0 Å². The molecule has 0 unspecified atom stereocenters. The van der Waals surface area contributed by atoms with Crippen molar-refractivity contribution in [3.63, 3.8) is 0 Å². The minimum Gasteiger partial charge on any atom is -0.546 e.